The van der Waals surface area contributed by atoms with Crippen LogP contribution >= 0.6 is 11.3 Å². The van der Waals surface area contributed by atoms with E-state index in [2.05, 4.69) is 11.4 Å². The van der Waals surface area contributed by atoms with Crippen LogP contribution in [0.3, 0.4) is 0 Å². The number of furan rings is 1. The molecule has 0 bridgehead atoms. The Labute approximate surface area is 92.0 Å². The summed E-state index contributed by atoms with van der Waals surface area (Å²) < 4.78 is 5.18. The molecular formula is C11H10N2OS. The molecule has 1 N–H and O–H groups in total. The molecule has 15 heavy (non-hydrogen) atoms. The number of hydrogen-bond donors (Lipinski definition) is 1. The Hall–Kier alpha value is -1.57. The van der Waals surface area contributed by atoms with E-state index in [9.17, 15) is 0 Å². The van der Waals surface area contributed by atoms with E-state index >= 15 is 0 Å². The third-order valence-corrected chi connectivity index (χ3v) is 2.95. The quantitative estimate of drug-likeness (QED) is 0.858. The second-order valence-corrected chi connectivity index (χ2v) is 4.02. The molecule has 2 rings (SSSR count). The van der Waals surface area contributed by atoms with Crippen molar-refractivity contribution in [3.63, 3.8) is 0 Å². The number of rotatable bonds is 4. The highest BCUT2D eigenvalue weighted by atomic mass is 32.1. The predicted molar refractivity (Wildman–Crippen MR) is 58.2 cm³/mol. The molecule has 2 heterocycles. The molecule has 1 unspecified atom stereocenters. The Kier molecular flexibility index (Phi) is 3.18. The van der Waals surface area contributed by atoms with E-state index in [1.165, 1.54) is 0 Å². The van der Waals surface area contributed by atoms with Crippen molar-refractivity contribution < 1.29 is 4.42 Å². The largest absolute Gasteiger partial charge is 0.468 e. The molecule has 3 nitrogen and oxygen atoms in total. The van der Waals surface area contributed by atoms with Crippen LogP contribution in [-0.4, -0.2) is 0 Å². The second kappa shape index (κ2) is 4.78. The van der Waals surface area contributed by atoms with Crippen molar-refractivity contribution in [1.29, 1.82) is 5.26 Å². The van der Waals surface area contributed by atoms with Gasteiger partial charge in [-0.1, -0.05) is 6.07 Å². The van der Waals surface area contributed by atoms with Crippen molar-refractivity contribution in [2.45, 2.75) is 12.6 Å². The average Bonchev–Trinajstić information content (AvgIpc) is 2.90. The smallest absolute Gasteiger partial charge is 0.130 e. The van der Waals surface area contributed by atoms with Gasteiger partial charge in [-0.05, 0) is 23.6 Å². The van der Waals surface area contributed by atoms with E-state index in [4.69, 9.17) is 9.68 Å². The highest BCUT2D eigenvalue weighted by Crippen LogP contribution is 2.18. The fraction of sp³-hybridized carbons (Fsp3) is 0.182. The van der Waals surface area contributed by atoms with E-state index in [0.717, 1.165) is 10.6 Å². The predicted octanol–water partition coefficient (Wildman–Crippen LogP) is 2.70. The maximum atomic E-state index is 8.99. The first-order chi connectivity index (χ1) is 7.40. The summed E-state index contributed by atoms with van der Waals surface area (Å²) in [6.07, 6.45) is 1.63. The van der Waals surface area contributed by atoms with Crippen LogP contribution in [-0.2, 0) is 6.54 Å². The first-order valence-corrected chi connectivity index (χ1v) is 5.47. The zero-order chi connectivity index (χ0) is 10.5. The summed E-state index contributed by atoms with van der Waals surface area (Å²) in [7, 11) is 0. The Morgan fingerprint density at radius 2 is 2.40 bits per heavy atom. The van der Waals surface area contributed by atoms with E-state index < -0.39 is 0 Å². The highest BCUT2D eigenvalue weighted by Gasteiger charge is 2.10. The minimum Gasteiger partial charge on any atom is -0.468 e. The fourth-order valence-electron chi connectivity index (χ4n) is 1.28. The standard InChI is InChI=1S/C11H10N2OS/c12-7-10(11-4-2-6-15-11)13-8-9-3-1-5-14-9/h1-6,10,13H,8H2. The lowest BCUT2D eigenvalue weighted by molar-refractivity contribution is 0.474. The van der Waals surface area contributed by atoms with Gasteiger partial charge in [-0.25, -0.2) is 0 Å². The molecule has 0 fully saturated rings. The lowest BCUT2D eigenvalue weighted by Crippen LogP contribution is -2.18. The van der Waals surface area contributed by atoms with Crippen LogP contribution in [0.2, 0.25) is 0 Å². The van der Waals surface area contributed by atoms with Crippen LogP contribution in [0.5, 0.6) is 0 Å². The van der Waals surface area contributed by atoms with Crippen molar-refractivity contribution in [2.24, 2.45) is 0 Å². The fourth-order valence-corrected chi connectivity index (χ4v) is 2.02. The highest BCUT2D eigenvalue weighted by molar-refractivity contribution is 7.10. The third kappa shape index (κ3) is 2.46. The molecule has 0 aliphatic rings. The summed E-state index contributed by atoms with van der Waals surface area (Å²) in [5.41, 5.74) is 0. The van der Waals surface area contributed by atoms with Crippen LogP contribution in [0.25, 0.3) is 0 Å². The van der Waals surface area contributed by atoms with Gasteiger partial charge in [0.15, 0.2) is 0 Å². The molecule has 0 saturated carbocycles. The Morgan fingerprint density at radius 3 is 3.00 bits per heavy atom. The Morgan fingerprint density at radius 1 is 1.47 bits per heavy atom. The summed E-state index contributed by atoms with van der Waals surface area (Å²) in [5.74, 6) is 0.840. The van der Waals surface area contributed by atoms with E-state index in [-0.39, 0.29) is 6.04 Å². The summed E-state index contributed by atoms with van der Waals surface area (Å²) in [5, 5.41) is 14.1. The number of nitrogens with one attached hydrogen (secondary N) is 1. The van der Waals surface area contributed by atoms with Crippen molar-refractivity contribution in [1.82, 2.24) is 5.32 Å². The molecule has 0 aliphatic heterocycles. The number of thiophene rings is 1. The van der Waals surface area contributed by atoms with Crippen LogP contribution in [0.1, 0.15) is 16.7 Å². The molecule has 0 aliphatic carbocycles. The summed E-state index contributed by atoms with van der Waals surface area (Å²) in [6.45, 7) is 0.573. The topological polar surface area (TPSA) is 49.0 Å². The van der Waals surface area contributed by atoms with Crippen LogP contribution in [0.4, 0.5) is 0 Å². The average molecular weight is 218 g/mol. The van der Waals surface area contributed by atoms with Gasteiger partial charge in [-0.2, -0.15) is 5.26 Å². The zero-order valence-corrected chi connectivity index (χ0v) is 8.83. The maximum Gasteiger partial charge on any atom is 0.130 e. The zero-order valence-electron chi connectivity index (χ0n) is 8.01. The molecule has 76 valence electrons. The van der Waals surface area contributed by atoms with E-state index in [0.29, 0.717) is 6.54 Å². The molecule has 0 aromatic carbocycles. The minimum absolute atomic E-state index is 0.255. The molecule has 0 amide bonds. The van der Waals surface area contributed by atoms with Gasteiger partial charge in [0.1, 0.15) is 11.8 Å². The number of nitriles is 1. The van der Waals surface area contributed by atoms with Gasteiger partial charge in [-0.15, -0.1) is 11.3 Å². The monoisotopic (exact) mass is 218 g/mol. The molecule has 0 saturated heterocycles. The first kappa shape index (κ1) is 9.97. The van der Waals surface area contributed by atoms with Gasteiger partial charge in [0, 0.05) is 4.88 Å². The maximum absolute atomic E-state index is 8.99. The SMILES string of the molecule is N#CC(NCc1ccco1)c1cccs1. The van der Waals surface area contributed by atoms with Gasteiger partial charge < -0.3 is 4.42 Å². The summed E-state index contributed by atoms with van der Waals surface area (Å²) in [4.78, 5) is 1.03. The Balaban J connectivity index is 1.96. The third-order valence-electron chi connectivity index (χ3n) is 2.02. The first-order valence-electron chi connectivity index (χ1n) is 4.59. The minimum atomic E-state index is -0.255. The van der Waals surface area contributed by atoms with Gasteiger partial charge in [0.05, 0.1) is 18.9 Å². The van der Waals surface area contributed by atoms with Gasteiger partial charge in [-0.3, -0.25) is 5.32 Å². The molecular weight excluding hydrogens is 208 g/mol. The molecule has 2 aromatic heterocycles. The molecule has 1 atom stereocenters. The summed E-state index contributed by atoms with van der Waals surface area (Å²) in [6, 6.07) is 9.59. The molecule has 0 spiro atoms. The number of nitrogens with zero attached hydrogens (tertiary/aromatic N) is 1. The molecule has 2 aromatic rings. The van der Waals surface area contributed by atoms with Crippen LogP contribution in [0, 0.1) is 11.3 Å². The second-order valence-electron chi connectivity index (χ2n) is 3.04. The van der Waals surface area contributed by atoms with Gasteiger partial charge >= 0.3 is 0 Å². The van der Waals surface area contributed by atoms with Gasteiger partial charge in [0.2, 0.25) is 0 Å². The van der Waals surface area contributed by atoms with Crippen molar-refractivity contribution in [3.8, 4) is 6.07 Å². The van der Waals surface area contributed by atoms with Crippen molar-refractivity contribution in [2.75, 3.05) is 0 Å². The van der Waals surface area contributed by atoms with E-state index in [1.54, 1.807) is 17.6 Å². The number of hydrogen-bond acceptors (Lipinski definition) is 4. The summed E-state index contributed by atoms with van der Waals surface area (Å²) >= 11 is 1.58. The van der Waals surface area contributed by atoms with Crippen molar-refractivity contribution >= 4 is 11.3 Å². The van der Waals surface area contributed by atoms with Gasteiger partial charge in [0.25, 0.3) is 0 Å². The normalized spacial score (nSPS) is 12.2. The lowest BCUT2D eigenvalue weighted by atomic mass is 10.2. The lowest BCUT2D eigenvalue weighted by Gasteiger charge is -2.07. The molecule has 4 heteroatoms. The molecule has 0 radical (unpaired) electrons. The van der Waals surface area contributed by atoms with Crippen LogP contribution in [0.15, 0.2) is 40.3 Å². The van der Waals surface area contributed by atoms with E-state index in [1.807, 2.05) is 29.6 Å². The van der Waals surface area contributed by atoms with Crippen LogP contribution < -0.4 is 5.32 Å². The Bertz CT molecular complexity index is 428. The van der Waals surface area contributed by atoms with Crippen molar-refractivity contribution in [3.05, 3.63) is 46.5 Å².